The van der Waals surface area contributed by atoms with Gasteiger partial charge in [-0.15, -0.1) is 0 Å². The Kier molecular flexibility index (Phi) is 2.51. The number of nitrogens with one attached hydrogen (secondary N) is 1. The molecular weight excluding hydrogens is 248 g/mol. The first kappa shape index (κ1) is 8.97. The van der Waals surface area contributed by atoms with Gasteiger partial charge in [-0.2, -0.15) is 0 Å². The number of halogens is 1. The van der Waals surface area contributed by atoms with Crippen LogP contribution in [0.5, 0.6) is 0 Å². The molecule has 0 radical (unpaired) electrons. The Hall–Kier alpha value is -0.610. The van der Waals surface area contributed by atoms with Crippen molar-refractivity contribution in [3.63, 3.8) is 0 Å². The van der Waals surface area contributed by atoms with E-state index in [0.29, 0.717) is 4.80 Å². The Morgan fingerprint density at radius 2 is 2.15 bits per heavy atom. The molecule has 1 aromatic heterocycles. The molecule has 1 N–H and O–H groups in total. The van der Waals surface area contributed by atoms with Crippen LogP contribution in [0.25, 0.3) is 10.2 Å². The molecule has 0 atom stereocenters. The van der Waals surface area contributed by atoms with Crippen molar-refractivity contribution in [3.05, 3.63) is 29.1 Å². The fourth-order valence-corrected chi connectivity index (χ4v) is 2.63. The predicted molar refractivity (Wildman–Crippen MR) is 59.5 cm³/mol. The summed E-state index contributed by atoms with van der Waals surface area (Å²) in [7, 11) is 0. The van der Waals surface area contributed by atoms with Crippen molar-refractivity contribution >= 4 is 37.5 Å². The number of hydrogen-bond acceptors (Lipinski definition) is 2. The van der Waals surface area contributed by atoms with Crippen molar-refractivity contribution < 1.29 is 0 Å². The normalized spacial score (nSPS) is 10.8. The molecule has 0 aliphatic heterocycles. The smallest absolute Gasteiger partial charge is 0.182 e. The second-order valence-electron chi connectivity index (χ2n) is 2.72. The van der Waals surface area contributed by atoms with E-state index >= 15 is 0 Å². The fraction of sp³-hybridized carbons (Fsp3) is 0.222. The maximum atomic E-state index is 7.76. The topological polar surface area (TPSA) is 28.8 Å². The molecule has 0 saturated heterocycles. The Morgan fingerprint density at radius 1 is 1.38 bits per heavy atom. The minimum atomic E-state index is 0.626. The number of fused-ring (bicyclic) bond motifs is 1. The van der Waals surface area contributed by atoms with E-state index in [0.717, 1.165) is 17.4 Å². The van der Waals surface area contributed by atoms with Gasteiger partial charge in [0.1, 0.15) is 0 Å². The molecule has 1 aromatic carbocycles. The van der Waals surface area contributed by atoms with Crippen molar-refractivity contribution in [2.75, 3.05) is 5.33 Å². The van der Waals surface area contributed by atoms with Crippen molar-refractivity contribution in [1.82, 2.24) is 4.57 Å². The molecule has 0 aliphatic carbocycles. The lowest BCUT2D eigenvalue weighted by Crippen LogP contribution is -2.13. The third kappa shape index (κ3) is 1.56. The number of thiazole rings is 1. The second kappa shape index (κ2) is 3.64. The van der Waals surface area contributed by atoms with Crippen molar-refractivity contribution in [1.29, 1.82) is 5.41 Å². The minimum Gasteiger partial charge on any atom is -0.316 e. The molecule has 1 heterocycles. The maximum absolute atomic E-state index is 7.76. The van der Waals surface area contributed by atoms with Gasteiger partial charge in [-0.1, -0.05) is 39.4 Å². The Labute approximate surface area is 88.5 Å². The summed E-state index contributed by atoms with van der Waals surface area (Å²) in [6.45, 7) is 0.864. The molecule has 68 valence electrons. The quantitative estimate of drug-likeness (QED) is 0.801. The van der Waals surface area contributed by atoms with Crippen molar-refractivity contribution in [2.45, 2.75) is 6.54 Å². The summed E-state index contributed by atoms with van der Waals surface area (Å²) in [4.78, 5) is 0.626. The summed E-state index contributed by atoms with van der Waals surface area (Å²) in [5.74, 6) is 0. The third-order valence-corrected chi connectivity index (χ3v) is 3.25. The fourth-order valence-electron chi connectivity index (χ4n) is 1.34. The van der Waals surface area contributed by atoms with Gasteiger partial charge in [0.2, 0.25) is 0 Å². The monoisotopic (exact) mass is 256 g/mol. The first-order valence-corrected chi connectivity index (χ1v) is 5.95. The van der Waals surface area contributed by atoms with E-state index in [1.165, 1.54) is 16.0 Å². The van der Waals surface area contributed by atoms with E-state index in [9.17, 15) is 0 Å². The number of alkyl halides is 1. The van der Waals surface area contributed by atoms with Crippen LogP contribution >= 0.6 is 27.3 Å². The van der Waals surface area contributed by atoms with Crippen LogP contribution in [0.1, 0.15) is 0 Å². The van der Waals surface area contributed by atoms with Crippen LogP contribution in [-0.4, -0.2) is 9.90 Å². The highest BCUT2D eigenvalue weighted by atomic mass is 79.9. The lowest BCUT2D eigenvalue weighted by molar-refractivity contribution is 0.768. The van der Waals surface area contributed by atoms with Gasteiger partial charge in [0.15, 0.2) is 4.80 Å². The summed E-state index contributed by atoms with van der Waals surface area (Å²) < 4.78 is 3.21. The number of hydrogen-bond donors (Lipinski definition) is 1. The molecule has 0 amide bonds. The molecule has 0 aliphatic rings. The zero-order valence-corrected chi connectivity index (χ0v) is 9.36. The predicted octanol–water partition coefficient (Wildman–Crippen LogP) is 2.58. The SMILES string of the molecule is N=c1sc2ccccc2n1CCBr. The summed E-state index contributed by atoms with van der Waals surface area (Å²) in [5, 5.41) is 8.66. The van der Waals surface area contributed by atoms with Gasteiger partial charge in [-0.25, -0.2) is 0 Å². The van der Waals surface area contributed by atoms with E-state index in [-0.39, 0.29) is 0 Å². The average Bonchev–Trinajstić information content (AvgIpc) is 2.44. The average molecular weight is 257 g/mol. The van der Waals surface area contributed by atoms with Gasteiger partial charge in [-0.05, 0) is 12.1 Å². The minimum absolute atomic E-state index is 0.626. The van der Waals surface area contributed by atoms with Gasteiger partial charge < -0.3 is 4.57 Å². The number of benzene rings is 1. The van der Waals surface area contributed by atoms with E-state index in [4.69, 9.17) is 5.41 Å². The highest BCUT2D eigenvalue weighted by Crippen LogP contribution is 2.16. The van der Waals surface area contributed by atoms with Crippen LogP contribution in [0.4, 0.5) is 0 Å². The molecule has 0 saturated carbocycles. The Morgan fingerprint density at radius 3 is 2.92 bits per heavy atom. The number of para-hydroxylation sites is 1. The highest BCUT2D eigenvalue weighted by molar-refractivity contribution is 9.09. The molecule has 4 heteroatoms. The zero-order chi connectivity index (χ0) is 9.26. The van der Waals surface area contributed by atoms with Crippen molar-refractivity contribution in [3.8, 4) is 0 Å². The number of aromatic nitrogens is 1. The van der Waals surface area contributed by atoms with Crippen LogP contribution < -0.4 is 4.80 Å². The van der Waals surface area contributed by atoms with Crippen molar-refractivity contribution in [2.24, 2.45) is 0 Å². The number of aryl methyl sites for hydroxylation is 1. The van der Waals surface area contributed by atoms with Gasteiger partial charge >= 0.3 is 0 Å². The standard InChI is InChI=1S/C9H9BrN2S/c10-5-6-12-7-3-1-2-4-8(7)13-9(12)11/h1-4,11H,5-6H2. The first-order valence-electron chi connectivity index (χ1n) is 4.02. The molecule has 0 bridgehead atoms. The highest BCUT2D eigenvalue weighted by Gasteiger charge is 2.02. The van der Waals surface area contributed by atoms with Crippen LogP contribution in [0.3, 0.4) is 0 Å². The summed E-state index contributed by atoms with van der Waals surface area (Å²) in [6, 6.07) is 8.14. The van der Waals surface area contributed by atoms with E-state index in [1.807, 2.05) is 16.7 Å². The van der Waals surface area contributed by atoms with E-state index < -0.39 is 0 Å². The first-order chi connectivity index (χ1) is 6.33. The zero-order valence-electron chi connectivity index (χ0n) is 6.96. The van der Waals surface area contributed by atoms with Gasteiger partial charge in [0, 0.05) is 11.9 Å². The Balaban J connectivity index is 2.71. The molecule has 0 spiro atoms. The van der Waals surface area contributed by atoms with Gasteiger partial charge in [0.05, 0.1) is 10.2 Å². The van der Waals surface area contributed by atoms with Gasteiger partial charge in [0.25, 0.3) is 0 Å². The number of rotatable bonds is 2. The van der Waals surface area contributed by atoms with Crippen LogP contribution in [-0.2, 0) is 6.54 Å². The molecule has 2 aromatic rings. The lowest BCUT2D eigenvalue weighted by Gasteiger charge is -1.99. The largest absolute Gasteiger partial charge is 0.316 e. The molecule has 2 nitrogen and oxygen atoms in total. The Bertz CT molecular complexity index is 472. The maximum Gasteiger partial charge on any atom is 0.182 e. The van der Waals surface area contributed by atoms with Crippen LogP contribution in [0.2, 0.25) is 0 Å². The van der Waals surface area contributed by atoms with Crippen LogP contribution in [0.15, 0.2) is 24.3 Å². The summed E-state index contributed by atoms with van der Waals surface area (Å²) >= 11 is 4.92. The van der Waals surface area contributed by atoms with E-state index in [1.54, 1.807) is 0 Å². The summed E-state index contributed by atoms with van der Waals surface area (Å²) in [5.41, 5.74) is 1.16. The number of nitrogens with zero attached hydrogens (tertiary/aromatic N) is 1. The molecule has 13 heavy (non-hydrogen) atoms. The molecule has 0 fully saturated rings. The van der Waals surface area contributed by atoms with Gasteiger partial charge in [-0.3, -0.25) is 5.41 Å². The molecule has 0 unspecified atom stereocenters. The van der Waals surface area contributed by atoms with Crippen LogP contribution in [0, 0.1) is 5.41 Å². The summed E-state index contributed by atoms with van der Waals surface area (Å²) in [6.07, 6.45) is 0. The van der Waals surface area contributed by atoms with E-state index in [2.05, 4.69) is 28.1 Å². The molecule has 2 rings (SSSR count). The molecular formula is C9H9BrN2S. The second-order valence-corrected chi connectivity index (χ2v) is 4.54. The lowest BCUT2D eigenvalue weighted by atomic mass is 10.3. The third-order valence-electron chi connectivity index (χ3n) is 1.92.